The fourth-order valence-electron chi connectivity index (χ4n) is 2.24. The van der Waals surface area contributed by atoms with Crippen LogP contribution in [0.2, 0.25) is 5.02 Å². The number of carbonyl (C=O) groups excluding carboxylic acids is 3. The third-order valence-electron chi connectivity index (χ3n) is 4.03. The van der Waals surface area contributed by atoms with E-state index in [4.69, 9.17) is 11.6 Å². The van der Waals surface area contributed by atoms with Crippen molar-refractivity contribution in [1.82, 2.24) is 5.32 Å². The predicted octanol–water partition coefficient (Wildman–Crippen LogP) is 3.91. The molecule has 0 bridgehead atoms. The molecule has 7 heteroatoms. The van der Waals surface area contributed by atoms with Gasteiger partial charge in [-0.15, -0.1) is 0 Å². The molecule has 2 aromatic rings. The first kappa shape index (κ1) is 20.5. The molecule has 0 fully saturated rings. The van der Waals surface area contributed by atoms with Gasteiger partial charge < -0.3 is 15.4 Å². The second-order valence-corrected chi connectivity index (χ2v) is 6.41. The lowest BCUT2D eigenvalue weighted by atomic mass is 10.1. The Morgan fingerprint density at radius 1 is 1.00 bits per heavy atom. The van der Waals surface area contributed by atoms with Crippen LogP contribution in [0.5, 0.6) is 0 Å². The Balaban J connectivity index is 2.12. The SMILES string of the molecule is CCC(C)NC(=O)c1ccc(C(=O)Nc2cc(C(=O)OC)ccc2Cl)cc1. The highest BCUT2D eigenvalue weighted by molar-refractivity contribution is 6.34. The van der Waals surface area contributed by atoms with Crippen LogP contribution in [0, 0.1) is 0 Å². The van der Waals surface area contributed by atoms with Crippen LogP contribution >= 0.6 is 11.6 Å². The highest BCUT2D eigenvalue weighted by Gasteiger charge is 2.14. The maximum absolute atomic E-state index is 12.4. The molecular formula is C20H21ClN2O4. The third kappa shape index (κ3) is 5.31. The van der Waals surface area contributed by atoms with Crippen molar-refractivity contribution in [3.63, 3.8) is 0 Å². The first-order valence-corrected chi connectivity index (χ1v) is 8.83. The molecule has 0 aromatic heterocycles. The van der Waals surface area contributed by atoms with Gasteiger partial charge in [0.2, 0.25) is 0 Å². The van der Waals surface area contributed by atoms with Crippen molar-refractivity contribution >= 4 is 35.1 Å². The molecule has 2 aromatic carbocycles. The predicted molar refractivity (Wildman–Crippen MR) is 104 cm³/mol. The van der Waals surface area contributed by atoms with Crippen LogP contribution in [-0.4, -0.2) is 30.9 Å². The molecule has 0 aliphatic carbocycles. The lowest BCUT2D eigenvalue weighted by molar-refractivity contribution is 0.0600. The summed E-state index contributed by atoms with van der Waals surface area (Å²) in [6.07, 6.45) is 0.831. The molecule has 27 heavy (non-hydrogen) atoms. The normalized spacial score (nSPS) is 11.4. The molecule has 1 atom stereocenters. The number of halogens is 1. The molecule has 0 saturated carbocycles. The van der Waals surface area contributed by atoms with Gasteiger partial charge in [-0.2, -0.15) is 0 Å². The van der Waals surface area contributed by atoms with Gasteiger partial charge in [-0.1, -0.05) is 18.5 Å². The summed E-state index contributed by atoms with van der Waals surface area (Å²) in [5.74, 6) is -1.13. The van der Waals surface area contributed by atoms with E-state index in [2.05, 4.69) is 15.4 Å². The van der Waals surface area contributed by atoms with Crippen molar-refractivity contribution in [2.45, 2.75) is 26.3 Å². The Hall–Kier alpha value is -2.86. The zero-order valence-corrected chi connectivity index (χ0v) is 16.1. The summed E-state index contributed by atoms with van der Waals surface area (Å²) < 4.78 is 4.66. The number of ether oxygens (including phenoxy) is 1. The summed E-state index contributed by atoms with van der Waals surface area (Å²) in [5.41, 5.74) is 1.39. The Labute approximate surface area is 162 Å². The lowest BCUT2D eigenvalue weighted by Gasteiger charge is -2.12. The average Bonchev–Trinajstić information content (AvgIpc) is 2.68. The second-order valence-electron chi connectivity index (χ2n) is 6.00. The van der Waals surface area contributed by atoms with Crippen molar-refractivity contribution in [3.8, 4) is 0 Å². The lowest BCUT2D eigenvalue weighted by Crippen LogP contribution is -2.31. The number of benzene rings is 2. The summed E-state index contributed by atoms with van der Waals surface area (Å²) in [6, 6.07) is 10.8. The fraction of sp³-hybridized carbons (Fsp3) is 0.250. The van der Waals surface area contributed by atoms with Crippen LogP contribution in [0.15, 0.2) is 42.5 Å². The van der Waals surface area contributed by atoms with E-state index in [1.807, 2.05) is 13.8 Å². The van der Waals surface area contributed by atoms with Crippen LogP contribution in [-0.2, 0) is 4.74 Å². The van der Waals surface area contributed by atoms with Gasteiger partial charge in [0.15, 0.2) is 0 Å². The van der Waals surface area contributed by atoms with Gasteiger partial charge in [0.05, 0.1) is 23.4 Å². The molecule has 2 rings (SSSR count). The number of rotatable bonds is 6. The topological polar surface area (TPSA) is 84.5 Å². The van der Waals surface area contributed by atoms with Crippen molar-refractivity contribution < 1.29 is 19.1 Å². The van der Waals surface area contributed by atoms with Crippen molar-refractivity contribution in [2.75, 3.05) is 12.4 Å². The van der Waals surface area contributed by atoms with Gasteiger partial charge in [-0.25, -0.2) is 4.79 Å². The Morgan fingerprint density at radius 2 is 1.56 bits per heavy atom. The second kappa shape index (κ2) is 9.19. The number of hydrogen-bond donors (Lipinski definition) is 2. The summed E-state index contributed by atoms with van der Waals surface area (Å²) in [4.78, 5) is 36.1. The van der Waals surface area contributed by atoms with Crippen LogP contribution in [0.25, 0.3) is 0 Å². The van der Waals surface area contributed by atoms with Crippen molar-refractivity contribution in [1.29, 1.82) is 0 Å². The molecule has 0 radical (unpaired) electrons. The molecule has 142 valence electrons. The monoisotopic (exact) mass is 388 g/mol. The molecule has 2 amide bonds. The molecule has 1 unspecified atom stereocenters. The minimum absolute atomic E-state index is 0.0738. The maximum atomic E-state index is 12.4. The van der Waals surface area contributed by atoms with Gasteiger partial charge in [-0.3, -0.25) is 9.59 Å². The van der Waals surface area contributed by atoms with E-state index < -0.39 is 11.9 Å². The summed E-state index contributed by atoms with van der Waals surface area (Å²) in [7, 11) is 1.27. The maximum Gasteiger partial charge on any atom is 0.337 e. The number of amides is 2. The van der Waals surface area contributed by atoms with Gasteiger partial charge in [0, 0.05) is 17.2 Å². The van der Waals surface area contributed by atoms with Crippen LogP contribution < -0.4 is 10.6 Å². The van der Waals surface area contributed by atoms with Gasteiger partial charge in [-0.05, 0) is 55.8 Å². The quantitative estimate of drug-likeness (QED) is 0.735. The molecule has 0 saturated heterocycles. The van der Waals surface area contributed by atoms with Crippen LogP contribution in [0.3, 0.4) is 0 Å². The van der Waals surface area contributed by atoms with Gasteiger partial charge >= 0.3 is 5.97 Å². The van der Waals surface area contributed by atoms with E-state index in [0.717, 1.165) is 6.42 Å². The minimum atomic E-state index is -0.529. The average molecular weight is 389 g/mol. The summed E-state index contributed by atoms with van der Waals surface area (Å²) in [5, 5.41) is 5.81. The van der Waals surface area contributed by atoms with Gasteiger partial charge in [0.1, 0.15) is 0 Å². The van der Waals surface area contributed by atoms with Crippen LogP contribution in [0.4, 0.5) is 5.69 Å². The molecule has 6 nitrogen and oxygen atoms in total. The largest absolute Gasteiger partial charge is 0.465 e. The van der Waals surface area contributed by atoms with Crippen LogP contribution in [0.1, 0.15) is 51.3 Å². The standard InChI is InChI=1S/C20H21ClN2O4/c1-4-12(2)22-18(24)13-5-7-14(8-6-13)19(25)23-17-11-15(20(26)27-3)9-10-16(17)21/h5-12H,4H2,1-3H3,(H,22,24)(H,23,25). The zero-order chi connectivity index (χ0) is 20.0. The summed E-state index contributed by atoms with van der Waals surface area (Å²) >= 11 is 6.08. The Bertz CT molecular complexity index is 850. The molecule has 0 spiro atoms. The number of nitrogens with one attached hydrogen (secondary N) is 2. The highest BCUT2D eigenvalue weighted by Crippen LogP contribution is 2.24. The highest BCUT2D eigenvalue weighted by atomic mass is 35.5. The molecule has 2 N–H and O–H groups in total. The van der Waals surface area contributed by atoms with E-state index in [-0.39, 0.29) is 17.5 Å². The summed E-state index contributed by atoms with van der Waals surface area (Å²) in [6.45, 7) is 3.91. The van der Waals surface area contributed by atoms with E-state index in [1.165, 1.54) is 25.3 Å². The molecular weight excluding hydrogens is 368 g/mol. The van der Waals surface area contributed by atoms with Gasteiger partial charge in [0.25, 0.3) is 11.8 Å². The van der Waals surface area contributed by atoms with E-state index in [1.54, 1.807) is 24.3 Å². The number of carbonyl (C=O) groups is 3. The first-order valence-electron chi connectivity index (χ1n) is 8.45. The minimum Gasteiger partial charge on any atom is -0.465 e. The molecule has 0 aliphatic heterocycles. The van der Waals surface area contributed by atoms with Crippen molar-refractivity contribution in [2.24, 2.45) is 0 Å². The number of hydrogen-bond acceptors (Lipinski definition) is 4. The Kier molecular flexibility index (Phi) is 6.96. The number of methoxy groups -OCH3 is 1. The first-order chi connectivity index (χ1) is 12.8. The van der Waals surface area contributed by atoms with E-state index in [9.17, 15) is 14.4 Å². The molecule has 0 aliphatic rings. The van der Waals surface area contributed by atoms with E-state index >= 15 is 0 Å². The zero-order valence-electron chi connectivity index (χ0n) is 15.3. The smallest absolute Gasteiger partial charge is 0.337 e. The van der Waals surface area contributed by atoms with Crippen molar-refractivity contribution in [3.05, 3.63) is 64.2 Å². The fourth-order valence-corrected chi connectivity index (χ4v) is 2.41. The Morgan fingerprint density at radius 3 is 2.11 bits per heavy atom. The number of esters is 1. The molecule has 0 heterocycles. The third-order valence-corrected chi connectivity index (χ3v) is 4.36. The van der Waals surface area contributed by atoms with E-state index in [0.29, 0.717) is 21.8 Å². The number of anilines is 1.